The third kappa shape index (κ3) is 3.80. The van der Waals surface area contributed by atoms with Gasteiger partial charge in [0.1, 0.15) is 6.54 Å². The van der Waals surface area contributed by atoms with Crippen LogP contribution in [0.25, 0.3) is 0 Å². The number of carbonyl (C=O) groups is 1. The molecule has 1 aromatic rings. The van der Waals surface area contributed by atoms with Crippen LogP contribution in [0.2, 0.25) is 0 Å². The van der Waals surface area contributed by atoms with Crippen LogP contribution < -0.4 is 5.32 Å². The van der Waals surface area contributed by atoms with E-state index in [4.69, 9.17) is 4.74 Å². The van der Waals surface area contributed by atoms with Crippen molar-refractivity contribution in [2.45, 2.75) is 32.4 Å². The Kier molecular flexibility index (Phi) is 5.14. The highest BCUT2D eigenvalue weighted by atomic mass is 16.5. The van der Waals surface area contributed by atoms with Crippen LogP contribution in [-0.4, -0.2) is 59.0 Å². The van der Waals surface area contributed by atoms with Crippen LogP contribution in [0.4, 0.5) is 0 Å². The number of ether oxygens (including phenoxy) is 1. The van der Waals surface area contributed by atoms with E-state index in [0.717, 1.165) is 32.7 Å². The van der Waals surface area contributed by atoms with E-state index >= 15 is 0 Å². The molecule has 1 saturated heterocycles. The molecular formula is C14H24N4O2. The minimum atomic E-state index is -0.0104. The van der Waals surface area contributed by atoms with Gasteiger partial charge in [-0.15, -0.1) is 0 Å². The molecule has 2 heterocycles. The summed E-state index contributed by atoms with van der Waals surface area (Å²) in [6, 6.07) is 1.82. The van der Waals surface area contributed by atoms with Gasteiger partial charge in [-0.2, -0.15) is 5.10 Å². The molecule has 1 N–H and O–H groups in total. The average Bonchev–Trinajstić information content (AvgIpc) is 2.98. The van der Waals surface area contributed by atoms with Crippen LogP contribution in [0.5, 0.6) is 0 Å². The number of rotatable bonds is 6. The van der Waals surface area contributed by atoms with Gasteiger partial charge in [0.25, 0.3) is 0 Å². The number of aromatic nitrogens is 2. The summed E-state index contributed by atoms with van der Waals surface area (Å²) in [5.41, 5.74) is -0.0104. The minimum absolute atomic E-state index is 0.00151. The summed E-state index contributed by atoms with van der Waals surface area (Å²) in [4.78, 5) is 14.3. The van der Waals surface area contributed by atoms with Crippen molar-refractivity contribution < 1.29 is 9.53 Å². The Morgan fingerprint density at radius 1 is 1.45 bits per heavy atom. The fourth-order valence-corrected chi connectivity index (χ4v) is 2.45. The van der Waals surface area contributed by atoms with Crippen LogP contribution >= 0.6 is 0 Å². The maximum absolute atomic E-state index is 11.9. The third-order valence-corrected chi connectivity index (χ3v) is 4.07. The molecule has 0 spiro atoms. The Labute approximate surface area is 120 Å². The summed E-state index contributed by atoms with van der Waals surface area (Å²) >= 11 is 0. The lowest BCUT2D eigenvalue weighted by molar-refractivity contribution is -0.122. The van der Waals surface area contributed by atoms with E-state index in [-0.39, 0.29) is 18.0 Å². The molecule has 1 fully saturated rings. The SMILES string of the molecule is CC[C@@](C)(CNC(=O)Cn1cccn1)N1CCOCC1. The Morgan fingerprint density at radius 2 is 2.20 bits per heavy atom. The van der Waals surface area contributed by atoms with Crippen LogP contribution in [0.15, 0.2) is 18.5 Å². The Balaban J connectivity index is 1.84. The lowest BCUT2D eigenvalue weighted by Gasteiger charge is -2.43. The highest BCUT2D eigenvalue weighted by molar-refractivity contribution is 5.75. The van der Waals surface area contributed by atoms with Gasteiger partial charge in [0.05, 0.1) is 13.2 Å². The van der Waals surface area contributed by atoms with Crippen molar-refractivity contribution in [1.82, 2.24) is 20.0 Å². The second kappa shape index (κ2) is 6.85. The number of morpholine rings is 1. The zero-order chi connectivity index (χ0) is 14.4. The fraction of sp³-hybridized carbons (Fsp3) is 0.714. The summed E-state index contributed by atoms with van der Waals surface area (Å²) in [6.45, 7) is 8.70. The predicted octanol–water partition coefficient (Wildman–Crippen LogP) is 0.500. The highest BCUT2D eigenvalue weighted by Crippen LogP contribution is 2.19. The number of amides is 1. The number of carbonyl (C=O) groups excluding carboxylic acids is 1. The largest absolute Gasteiger partial charge is 0.379 e. The quantitative estimate of drug-likeness (QED) is 0.824. The maximum atomic E-state index is 11.9. The molecule has 0 aliphatic carbocycles. The van der Waals surface area contributed by atoms with Gasteiger partial charge in [-0.05, 0) is 19.4 Å². The first-order chi connectivity index (χ1) is 9.64. The van der Waals surface area contributed by atoms with Crippen molar-refractivity contribution in [3.05, 3.63) is 18.5 Å². The van der Waals surface area contributed by atoms with Gasteiger partial charge < -0.3 is 10.1 Å². The van der Waals surface area contributed by atoms with Crippen LogP contribution in [0, 0.1) is 0 Å². The standard InChI is InChI=1S/C14H24N4O2/c1-3-14(2,17-7-9-20-10-8-17)12-15-13(19)11-18-6-4-5-16-18/h4-6H,3,7-12H2,1-2H3,(H,15,19)/t14-/m0/s1. The first kappa shape index (κ1) is 15.0. The van der Waals surface area contributed by atoms with E-state index in [2.05, 4.69) is 29.2 Å². The van der Waals surface area contributed by atoms with Crippen molar-refractivity contribution in [3.8, 4) is 0 Å². The molecule has 1 aliphatic rings. The minimum Gasteiger partial charge on any atom is -0.379 e. The fourth-order valence-electron chi connectivity index (χ4n) is 2.45. The van der Waals surface area contributed by atoms with Gasteiger partial charge in [0, 0.05) is 37.6 Å². The Hall–Kier alpha value is -1.40. The second-order valence-electron chi connectivity index (χ2n) is 5.43. The average molecular weight is 280 g/mol. The van der Waals surface area contributed by atoms with Gasteiger partial charge in [0.2, 0.25) is 5.91 Å². The molecule has 0 saturated carbocycles. The zero-order valence-corrected chi connectivity index (χ0v) is 12.3. The first-order valence-corrected chi connectivity index (χ1v) is 7.21. The molecule has 1 atom stereocenters. The van der Waals surface area contributed by atoms with Gasteiger partial charge in [0.15, 0.2) is 0 Å². The second-order valence-corrected chi connectivity index (χ2v) is 5.43. The van der Waals surface area contributed by atoms with Crippen LogP contribution in [0.3, 0.4) is 0 Å². The number of hydrogen-bond acceptors (Lipinski definition) is 4. The molecule has 20 heavy (non-hydrogen) atoms. The molecule has 1 aliphatic heterocycles. The zero-order valence-electron chi connectivity index (χ0n) is 12.3. The summed E-state index contributed by atoms with van der Waals surface area (Å²) in [5.74, 6) is 0.00151. The molecule has 0 radical (unpaired) electrons. The number of nitrogens with zero attached hydrogens (tertiary/aromatic N) is 3. The summed E-state index contributed by atoms with van der Waals surface area (Å²) in [6.07, 6.45) is 4.47. The normalized spacial score (nSPS) is 19.5. The van der Waals surface area contributed by atoms with Crippen molar-refractivity contribution in [2.24, 2.45) is 0 Å². The molecule has 1 aromatic heterocycles. The molecule has 0 unspecified atom stereocenters. The van der Waals surface area contributed by atoms with E-state index in [9.17, 15) is 4.79 Å². The molecule has 6 nitrogen and oxygen atoms in total. The smallest absolute Gasteiger partial charge is 0.241 e. The monoisotopic (exact) mass is 280 g/mol. The molecular weight excluding hydrogens is 256 g/mol. The summed E-state index contributed by atoms with van der Waals surface area (Å²) < 4.78 is 7.03. The van der Waals surface area contributed by atoms with Crippen molar-refractivity contribution in [3.63, 3.8) is 0 Å². The van der Waals surface area contributed by atoms with E-state index in [1.807, 2.05) is 6.07 Å². The van der Waals surface area contributed by atoms with Crippen molar-refractivity contribution in [1.29, 1.82) is 0 Å². The maximum Gasteiger partial charge on any atom is 0.241 e. The van der Waals surface area contributed by atoms with Gasteiger partial charge in [-0.1, -0.05) is 6.92 Å². The third-order valence-electron chi connectivity index (χ3n) is 4.07. The van der Waals surface area contributed by atoms with Gasteiger partial charge in [-0.25, -0.2) is 0 Å². The Morgan fingerprint density at radius 3 is 2.80 bits per heavy atom. The van der Waals surface area contributed by atoms with E-state index in [1.165, 1.54) is 0 Å². The van der Waals surface area contributed by atoms with E-state index in [1.54, 1.807) is 17.1 Å². The van der Waals surface area contributed by atoms with Crippen LogP contribution in [-0.2, 0) is 16.1 Å². The molecule has 6 heteroatoms. The van der Waals surface area contributed by atoms with Crippen molar-refractivity contribution in [2.75, 3.05) is 32.8 Å². The molecule has 1 amide bonds. The first-order valence-electron chi connectivity index (χ1n) is 7.21. The Bertz CT molecular complexity index is 415. The van der Waals surface area contributed by atoms with Gasteiger partial charge >= 0.3 is 0 Å². The molecule has 0 bridgehead atoms. The van der Waals surface area contributed by atoms with Crippen molar-refractivity contribution >= 4 is 5.91 Å². The number of hydrogen-bond donors (Lipinski definition) is 1. The van der Waals surface area contributed by atoms with Crippen LogP contribution in [0.1, 0.15) is 20.3 Å². The summed E-state index contributed by atoms with van der Waals surface area (Å²) in [7, 11) is 0. The molecule has 2 rings (SSSR count). The predicted molar refractivity (Wildman–Crippen MR) is 76.3 cm³/mol. The molecule has 0 aromatic carbocycles. The topological polar surface area (TPSA) is 59.4 Å². The number of nitrogens with one attached hydrogen (secondary N) is 1. The lowest BCUT2D eigenvalue weighted by atomic mass is 9.95. The summed E-state index contributed by atoms with van der Waals surface area (Å²) in [5, 5.41) is 7.07. The highest BCUT2D eigenvalue weighted by Gasteiger charge is 2.31. The van der Waals surface area contributed by atoms with E-state index < -0.39 is 0 Å². The lowest BCUT2D eigenvalue weighted by Crippen LogP contribution is -2.57. The van der Waals surface area contributed by atoms with Gasteiger partial charge in [-0.3, -0.25) is 14.4 Å². The van der Waals surface area contributed by atoms with E-state index in [0.29, 0.717) is 6.54 Å². The molecule has 112 valence electrons.